The Morgan fingerprint density at radius 2 is 1.82 bits per heavy atom. The van der Waals surface area contributed by atoms with E-state index in [2.05, 4.69) is 5.32 Å². The Bertz CT molecular complexity index is 623. The van der Waals surface area contributed by atoms with Gasteiger partial charge in [-0.2, -0.15) is 4.31 Å². The van der Waals surface area contributed by atoms with Gasteiger partial charge in [-0.1, -0.05) is 18.2 Å². The van der Waals surface area contributed by atoms with Crippen LogP contribution in [-0.2, 0) is 14.8 Å². The number of nitrogens with one attached hydrogen (secondary N) is 1. The van der Waals surface area contributed by atoms with Crippen molar-refractivity contribution in [3.63, 3.8) is 0 Å². The molecule has 6 nitrogen and oxygen atoms in total. The average molecular weight is 323 g/mol. The van der Waals surface area contributed by atoms with E-state index in [1.807, 2.05) is 0 Å². The Kier molecular flexibility index (Phi) is 4.46. The number of nitrogens with zero attached hydrogens (tertiary/aromatic N) is 2. The molecule has 1 heterocycles. The van der Waals surface area contributed by atoms with Crippen molar-refractivity contribution < 1.29 is 13.2 Å². The number of rotatable bonds is 5. The molecule has 0 bridgehead atoms. The van der Waals surface area contributed by atoms with Gasteiger partial charge in [0.2, 0.25) is 15.9 Å². The molecule has 3 rings (SSSR count). The van der Waals surface area contributed by atoms with Crippen molar-refractivity contribution in [3.05, 3.63) is 30.3 Å². The Morgan fingerprint density at radius 1 is 1.18 bits per heavy atom. The maximum Gasteiger partial charge on any atom is 0.243 e. The van der Waals surface area contributed by atoms with Crippen molar-refractivity contribution in [1.82, 2.24) is 14.5 Å². The molecule has 1 amide bonds. The first kappa shape index (κ1) is 15.5. The smallest absolute Gasteiger partial charge is 0.243 e. The number of piperazine rings is 1. The summed E-state index contributed by atoms with van der Waals surface area (Å²) in [6, 6.07) is 8.33. The molecule has 1 N–H and O–H groups in total. The van der Waals surface area contributed by atoms with E-state index in [9.17, 15) is 13.2 Å². The van der Waals surface area contributed by atoms with Crippen molar-refractivity contribution >= 4 is 15.9 Å². The van der Waals surface area contributed by atoms with E-state index in [-0.39, 0.29) is 23.4 Å². The summed E-state index contributed by atoms with van der Waals surface area (Å²) in [6.07, 6.45) is 1.67. The van der Waals surface area contributed by atoms with E-state index in [0.29, 0.717) is 13.1 Å². The van der Waals surface area contributed by atoms with Crippen LogP contribution in [0.2, 0.25) is 0 Å². The van der Waals surface area contributed by atoms with Crippen LogP contribution in [0.4, 0.5) is 0 Å². The van der Waals surface area contributed by atoms with E-state index in [0.717, 1.165) is 25.9 Å². The highest BCUT2D eigenvalue weighted by Crippen LogP contribution is 2.31. The lowest BCUT2D eigenvalue weighted by Crippen LogP contribution is -2.50. The van der Waals surface area contributed by atoms with Crippen molar-refractivity contribution in [2.24, 2.45) is 0 Å². The summed E-state index contributed by atoms with van der Waals surface area (Å²) in [6.45, 7) is 2.76. The van der Waals surface area contributed by atoms with Gasteiger partial charge in [0.1, 0.15) is 0 Å². The lowest BCUT2D eigenvalue weighted by molar-refractivity contribution is -0.132. The third kappa shape index (κ3) is 3.31. The molecule has 1 saturated carbocycles. The number of benzene rings is 1. The second kappa shape index (κ2) is 6.36. The van der Waals surface area contributed by atoms with Gasteiger partial charge in [0.05, 0.1) is 11.4 Å². The number of carbonyl (C=O) groups is 1. The van der Waals surface area contributed by atoms with Crippen molar-refractivity contribution in [1.29, 1.82) is 0 Å². The molecule has 22 heavy (non-hydrogen) atoms. The first-order chi connectivity index (χ1) is 10.6. The largest absolute Gasteiger partial charge is 0.339 e. The van der Waals surface area contributed by atoms with Gasteiger partial charge in [-0.15, -0.1) is 0 Å². The minimum Gasteiger partial charge on any atom is -0.339 e. The molecule has 1 aliphatic heterocycles. The number of amides is 1. The Hall–Kier alpha value is -1.44. The third-order valence-electron chi connectivity index (χ3n) is 4.06. The second-order valence-electron chi connectivity index (χ2n) is 5.73. The van der Waals surface area contributed by atoms with Gasteiger partial charge in [0, 0.05) is 32.2 Å². The van der Waals surface area contributed by atoms with Crippen LogP contribution < -0.4 is 5.32 Å². The fourth-order valence-corrected chi connectivity index (χ4v) is 4.30. The van der Waals surface area contributed by atoms with Crippen molar-refractivity contribution in [2.45, 2.75) is 23.8 Å². The standard InChI is InChI=1S/C15H21N3O3S/c19-15(17-10-8-16-9-11-17)12-18(13-6-7-13)22(20,21)14-4-2-1-3-5-14/h1-5,13,16H,6-12H2. The van der Waals surface area contributed by atoms with E-state index in [1.54, 1.807) is 35.2 Å². The number of sulfonamides is 1. The van der Waals surface area contributed by atoms with Gasteiger partial charge in [0.25, 0.3) is 0 Å². The molecule has 0 aromatic heterocycles. The Labute approximate surface area is 131 Å². The molecule has 1 aromatic carbocycles. The number of carbonyl (C=O) groups excluding carboxylic acids is 1. The van der Waals surface area contributed by atoms with Crippen LogP contribution >= 0.6 is 0 Å². The fraction of sp³-hybridized carbons (Fsp3) is 0.533. The molecule has 1 aromatic rings. The van der Waals surface area contributed by atoms with Crippen LogP contribution in [0, 0.1) is 0 Å². The summed E-state index contributed by atoms with van der Waals surface area (Å²) in [7, 11) is -3.60. The van der Waals surface area contributed by atoms with Crippen molar-refractivity contribution in [2.75, 3.05) is 32.7 Å². The number of hydrogen-bond donors (Lipinski definition) is 1. The van der Waals surface area contributed by atoms with E-state index >= 15 is 0 Å². The monoisotopic (exact) mass is 323 g/mol. The lowest BCUT2D eigenvalue weighted by atomic mass is 10.3. The predicted molar refractivity (Wildman–Crippen MR) is 82.8 cm³/mol. The summed E-state index contributed by atoms with van der Waals surface area (Å²) in [5.74, 6) is -0.104. The Balaban J connectivity index is 1.77. The van der Waals surface area contributed by atoms with Crippen molar-refractivity contribution in [3.8, 4) is 0 Å². The Morgan fingerprint density at radius 3 is 2.41 bits per heavy atom. The molecule has 7 heteroatoms. The lowest BCUT2D eigenvalue weighted by Gasteiger charge is -2.30. The summed E-state index contributed by atoms with van der Waals surface area (Å²) >= 11 is 0. The quantitative estimate of drug-likeness (QED) is 0.844. The third-order valence-corrected chi connectivity index (χ3v) is 5.98. The first-order valence-electron chi connectivity index (χ1n) is 7.64. The first-order valence-corrected chi connectivity index (χ1v) is 9.08. The molecule has 2 aliphatic rings. The zero-order chi connectivity index (χ0) is 15.6. The average Bonchev–Trinajstić information content (AvgIpc) is 3.38. The van der Waals surface area contributed by atoms with Gasteiger partial charge in [-0.25, -0.2) is 8.42 Å². The highest BCUT2D eigenvalue weighted by atomic mass is 32.2. The molecule has 0 atom stereocenters. The molecule has 1 aliphatic carbocycles. The van der Waals surface area contributed by atoms with Crippen LogP contribution in [0.1, 0.15) is 12.8 Å². The van der Waals surface area contributed by atoms with Gasteiger partial charge in [0.15, 0.2) is 0 Å². The van der Waals surface area contributed by atoms with Crippen LogP contribution in [0.5, 0.6) is 0 Å². The topological polar surface area (TPSA) is 69.7 Å². The summed E-state index contributed by atoms with van der Waals surface area (Å²) in [5.41, 5.74) is 0. The van der Waals surface area contributed by atoms with E-state index < -0.39 is 10.0 Å². The molecule has 0 radical (unpaired) electrons. The molecule has 1 saturated heterocycles. The predicted octanol–water partition coefficient (Wildman–Crippen LogP) is 0.272. The highest BCUT2D eigenvalue weighted by molar-refractivity contribution is 7.89. The molecule has 0 unspecified atom stereocenters. The summed E-state index contributed by atoms with van der Waals surface area (Å²) in [5, 5.41) is 3.19. The molecule has 2 fully saturated rings. The minimum absolute atomic E-state index is 0.0305. The molecule has 0 spiro atoms. The van der Waals surface area contributed by atoms with E-state index in [4.69, 9.17) is 0 Å². The van der Waals surface area contributed by atoms with E-state index in [1.165, 1.54) is 4.31 Å². The van der Waals surface area contributed by atoms with Gasteiger partial charge in [-0.3, -0.25) is 4.79 Å². The van der Waals surface area contributed by atoms with Crippen LogP contribution in [0.25, 0.3) is 0 Å². The van der Waals surface area contributed by atoms with Crippen LogP contribution in [-0.4, -0.2) is 62.3 Å². The normalized spacial score (nSPS) is 19.4. The van der Waals surface area contributed by atoms with Gasteiger partial charge < -0.3 is 10.2 Å². The minimum atomic E-state index is -3.60. The zero-order valence-corrected chi connectivity index (χ0v) is 13.3. The summed E-state index contributed by atoms with van der Waals surface area (Å²) < 4.78 is 26.9. The summed E-state index contributed by atoms with van der Waals surface area (Å²) in [4.78, 5) is 14.4. The van der Waals surface area contributed by atoms with Gasteiger partial charge in [-0.05, 0) is 25.0 Å². The second-order valence-corrected chi connectivity index (χ2v) is 7.62. The van der Waals surface area contributed by atoms with Crippen LogP contribution in [0.15, 0.2) is 35.2 Å². The van der Waals surface area contributed by atoms with Gasteiger partial charge >= 0.3 is 0 Å². The number of hydrogen-bond acceptors (Lipinski definition) is 4. The SMILES string of the molecule is O=C(CN(C1CC1)S(=O)(=O)c1ccccc1)N1CCNCC1. The zero-order valence-electron chi connectivity index (χ0n) is 12.4. The molecular formula is C15H21N3O3S. The molecular weight excluding hydrogens is 302 g/mol. The maximum atomic E-state index is 12.8. The van der Waals surface area contributed by atoms with Crippen LogP contribution in [0.3, 0.4) is 0 Å². The highest BCUT2D eigenvalue weighted by Gasteiger charge is 2.39. The fourth-order valence-electron chi connectivity index (χ4n) is 2.65. The molecule has 120 valence electrons. The maximum absolute atomic E-state index is 12.8.